The van der Waals surface area contributed by atoms with Crippen LogP contribution in [0.3, 0.4) is 0 Å². The van der Waals surface area contributed by atoms with Gasteiger partial charge in [0.15, 0.2) is 4.77 Å². The Balaban J connectivity index is 2.60. The smallest absolute Gasteiger partial charge is 0.178 e. The minimum absolute atomic E-state index is 0.246. The Morgan fingerprint density at radius 2 is 2.33 bits per heavy atom. The number of rotatable bonds is 3. The SMILES string of the molecule is C=CCCn1c(=S)[nH]c2ccc(F)cc21. The summed E-state index contributed by atoms with van der Waals surface area (Å²) in [6, 6.07) is 4.61. The molecule has 0 saturated carbocycles. The van der Waals surface area contributed by atoms with Crippen LogP contribution in [0.2, 0.25) is 0 Å². The monoisotopic (exact) mass is 222 g/mol. The van der Waals surface area contributed by atoms with Crippen molar-refractivity contribution in [2.45, 2.75) is 13.0 Å². The van der Waals surface area contributed by atoms with E-state index in [4.69, 9.17) is 12.2 Å². The van der Waals surface area contributed by atoms with Gasteiger partial charge in [-0.25, -0.2) is 4.39 Å². The van der Waals surface area contributed by atoms with E-state index >= 15 is 0 Å². The lowest BCUT2D eigenvalue weighted by Crippen LogP contribution is -1.96. The molecule has 1 aromatic heterocycles. The summed E-state index contributed by atoms with van der Waals surface area (Å²) in [5.41, 5.74) is 1.67. The summed E-state index contributed by atoms with van der Waals surface area (Å²) in [4.78, 5) is 3.04. The van der Waals surface area contributed by atoms with Crippen LogP contribution in [0, 0.1) is 10.6 Å². The van der Waals surface area contributed by atoms with Crippen molar-refractivity contribution in [1.82, 2.24) is 9.55 Å². The minimum Gasteiger partial charge on any atom is -0.331 e. The molecular formula is C11H11FN2S. The molecule has 2 aromatic rings. The van der Waals surface area contributed by atoms with E-state index in [1.807, 2.05) is 10.6 Å². The molecule has 78 valence electrons. The van der Waals surface area contributed by atoms with E-state index in [9.17, 15) is 4.39 Å². The first-order chi connectivity index (χ1) is 7.22. The zero-order valence-corrected chi connectivity index (χ0v) is 8.98. The zero-order chi connectivity index (χ0) is 10.8. The third kappa shape index (κ3) is 1.85. The van der Waals surface area contributed by atoms with Crippen LogP contribution in [-0.4, -0.2) is 9.55 Å². The number of aryl methyl sites for hydroxylation is 1. The molecule has 0 aliphatic heterocycles. The first-order valence-corrected chi connectivity index (χ1v) is 5.12. The lowest BCUT2D eigenvalue weighted by molar-refractivity contribution is 0.627. The lowest BCUT2D eigenvalue weighted by atomic mass is 10.3. The van der Waals surface area contributed by atoms with Crippen LogP contribution >= 0.6 is 12.2 Å². The average Bonchev–Trinajstić information content (AvgIpc) is 2.51. The molecule has 0 aliphatic carbocycles. The van der Waals surface area contributed by atoms with Crippen molar-refractivity contribution in [3.63, 3.8) is 0 Å². The lowest BCUT2D eigenvalue weighted by Gasteiger charge is -2.01. The highest BCUT2D eigenvalue weighted by atomic mass is 32.1. The van der Waals surface area contributed by atoms with Crippen LogP contribution in [0.4, 0.5) is 4.39 Å². The fourth-order valence-electron chi connectivity index (χ4n) is 1.57. The van der Waals surface area contributed by atoms with E-state index < -0.39 is 0 Å². The number of aromatic amines is 1. The summed E-state index contributed by atoms with van der Waals surface area (Å²) >= 11 is 5.16. The predicted octanol–water partition coefficient (Wildman–Crippen LogP) is 3.41. The molecular weight excluding hydrogens is 211 g/mol. The van der Waals surface area contributed by atoms with E-state index in [0.717, 1.165) is 24.0 Å². The van der Waals surface area contributed by atoms with Gasteiger partial charge in [0.05, 0.1) is 11.0 Å². The summed E-state index contributed by atoms with van der Waals surface area (Å²) in [5, 5.41) is 0. The number of hydrogen-bond donors (Lipinski definition) is 1. The van der Waals surface area contributed by atoms with Gasteiger partial charge in [0.2, 0.25) is 0 Å². The van der Waals surface area contributed by atoms with Crippen molar-refractivity contribution in [1.29, 1.82) is 0 Å². The van der Waals surface area contributed by atoms with Gasteiger partial charge in [-0.1, -0.05) is 6.08 Å². The summed E-state index contributed by atoms with van der Waals surface area (Å²) in [5.74, 6) is -0.246. The largest absolute Gasteiger partial charge is 0.331 e. The number of hydrogen-bond acceptors (Lipinski definition) is 1. The first kappa shape index (κ1) is 10.1. The summed E-state index contributed by atoms with van der Waals surface area (Å²) in [6.07, 6.45) is 2.64. The van der Waals surface area contributed by atoms with Gasteiger partial charge in [0.1, 0.15) is 5.82 Å². The summed E-state index contributed by atoms with van der Waals surface area (Å²) in [7, 11) is 0. The van der Waals surface area contributed by atoms with Crippen molar-refractivity contribution >= 4 is 23.3 Å². The zero-order valence-electron chi connectivity index (χ0n) is 8.16. The van der Waals surface area contributed by atoms with Crippen LogP contribution in [0.1, 0.15) is 6.42 Å². The van der Waals surface area contributed by atoms with Crippen LogP contribution < -0.4 is 0 Å². The molecule has 0 fully saturated rings. The highest BCUT2D eigenvalue weighted by molar-refractivity contribution is 7.71. The van der Waals surface area contributed by atoms with Gasteiger partial charge in [-0.15, -0.1) is 6.58 Å². The van der Waals surface area contributed by atoms with Crippen molar-refractivity contribution < 1.29 is 4.39 Å². The topological polar surface area (TPSA) is 20.7 Å². The van der Waals surface area contributed by atoms with Gasteiger partial charge < -0.3 is 9.55 Å². The number of allylic oxidation sites excluding steroid dienone is 1. The Bertz CT molecular complexity index is 553. The second kappa shape index (κ2) is 3.98. The number of benzene rings is 1. The second-order valence-corrected chi connectivity index (χ2v) is 3.71. The van der Waals surface area contributed by atoms with E-state index in [1.165, 1.54) is 12.1 Å². The van der Waals surface area contributed by atoms with Crippen molar-refractivity contribution in [3.05, 3.63) is 41.4 Å². The Morgan fingerprint density at radius 3 is 3.07 bits per heavy atom. The molecule has 0 aliphatic rings. The number of aromatic nitrogens is 2. The third-order valence-electron chi connectivity index (χ3n) is 2.29. The van der Waals surface area contributed by atoms with Crippen molar-refractivity contribution in [3.8, 4) is 0 Å². The van der Waals surface area contributed by atoms with Gasteiger partial charge in [-0.3, -0.25) is 0 Å². The van der Waals surface area contributed by atoms with Gasteiger partial charge in [0, 0.05) is 6.54 Å². The molecule has 0 atom stereocenters. The van der Waals surface area contributed by atoms with Crippen LogP contribution in [0.15, 0.2) is 30.9 Å². The maximum Gasteiger partial charge on any atom is 0.178 e. The quantitative estimate of drug-likeness (QED) is 0.623. The van der Waals surface area contributed by atoms with Gasteiger partial charge in [-0.05, 0) is 36.8 Å². The third-order valence-corrected chi connectivity index (χ3v) is 2.62. The fraction of sp³-hybridized carbons (Fsp3) is 0.182. The van der Waals surface area contributed by atoms with Gasteiger partial charge >= 0.3 is 0 Å². The molecule has 0 saturated heterocycles. The van der Waals surface area contributed by atoms with Gasteiger partial charge in [-0.2, -0.15) is 0 Å². The second-order valence-electron chi connectivity index (χ2n) is 3.32. The Labute approximate surface area is 92.0 Å². The number of imidazole rings is 1. The van der Waals surface area contributed by atoms with Crippen LogP contribution in [-0.2, 0) is 6.54 Å². The Hall–Kier alpha value is -1.42. The summed E-state index contributed by atoms with van der Waals surface area (Å²) in [6.45, 7) is 4.38. The normalized spacial score (nSPS) is 10.7. The van der Waals surface area contributed by atoms with Crippen LogP contribution in [0.5, 0.6) is 0 Å². The van der Waals surface area contributed by atoms with Crippen molar-refractivity contribution in [2.75, 3.05) is 0 Å². The van der Waals surface area contributed by atoms with Crippen molar-refractivity contribution in [2.24, 2.45) is 0 Å². The molecule has 0 unspecified atom stereocenters. The molecule has 1 N–H and O–H groups in total. The number of nitrogens with zero attached hydrogens (tertiary/aromatic N) is 1. The number of nitrogens with one attached hydrogen (secondary N) is 1. The number of halogens is 1. The number of H-pyrrole nitrogens is 1. The molecule has 1 heterocycles. The molecule has 0 spiro atoms. The predicted molar refractivity (Wildman–Crippen MR) is 61.9 cm³/mol. The highest BCUT2D eigenvalue weighted by Gasteiger charge is 2.04. The maximum absolute atomic E-state index is 13.1. The van der Waals surface area contributed by atoms with E-state index in [-0.39, 0.29) is 5.82 Å². The standard InChI is InChI=1S/C11H11FN2S/c1-2-3-6-14-10-7-8(12)4-5-9(10)13-11(14)15/h2,4-5,7H,1,3,6H2,(H,13,15). The molecule has 4 heteroatoms. The average molecular weight is 222 g/mol. The van der Waals surface area contributed by atoms with E-state index in [0.29, 0.717) is 4.77 Å². The Morgan fingerprint density at radius 1 is 1.53 bits per heavy atom. The highest BCUT2D eigenvalue weighted by Crippen LogP contribution is 2.15. The summed E-state index contributed by atoms with van der Waals surface area (Å²) < 4.78 is 15.6. The van der Waals surface area contributed by atoms with Crippen LogP contribution in [0.25, 0.3) is 11.0 Å². The fourth-order valence-corrected chi connectivity index (χ4v) is 1.87. The molecule has 0 radical (unpaired) electrons. The minimum atomic E-state index is -0.246. The molecule has 2 rings (SSSR count). The molecule has 0 bridgehead atoms. The number of fused-ring (bicyclic) bond motifs is 1. The first-order valence-electron chi connectivity index (χ1n) is 4.71. The maximum atomic E-state index is 13.1. The van der Waals surface area contributed by atoms with E-state index in [2.05, 4.69) is 11.6 Å². The Kier molecular flexibility index (Phi) is 2.68. The molecule has 15 heavy (non-hydrogen) atoms. The van der Waals surface area contributed by atoms with E-state index in [1.54, 1.807) is 6.07 Å². The molecule has 0 amide bonds. The molecule has 1 aromatic carbocycles. The van der Waals surface area contributed by atoms with Gasteiger partial charge in [0.25, 0.3) is 0 Å². The molecule has 2 nitrogen and oxygen atoms in total.